The van der Waals surface area contributed by atoms with Crippen LogP contribution in [0.15, 0.2) is 42.9 Å². The number of carbonyl (C=O) groups excluding carboxylic acids is 1. The molecular formula is C14H11N9O. The Balaban J connectivity index is 1.55. The lowest BCUT2D eigenvalue weighted by Crippen LogP contribution is -2.14. The number of aromatic nitrogens is 8. The molecule has 0 spiro atoms. The SMILES string of the molecule is Cc1ccnc2nc(C(=O)Nc3ccc(-n4cnnn4)cc3)nn12. The van der Waals surface area contributed by atoms with Crippen LogP contribution in [-0.2, 0) is 0 Å². The monoisotopic (exact) mass is 321 g/mol. The third kappa shape index (κ3) is 2.45. The lowest BCUT2D eigenvalue weighted by molar-refractivity contribution is 0.101. The fraction of sp³-hybridized carbons (Fsp3) is 0.0714. The summed E-state index contributed by atoms with van der Waals surface area (Å²) in [6.45, 7) is 1.86. The van der Waals surface area contributed by atoms with E-state index in [-0.39, 0.29) is 5.82 Å². The van der Waals surface area contributed by atoms with Crippen molar-refractivity contribution in [3.8, 4) is 5.69 Å². The predicted molar refractivity (Wildman–Crippen MR) is 82.6 cm³/mol. The van der Waals surface area contributed by atoms with Gasteiger partial charge in [-0.2, -0.15) is 4.98 Å². The Morgan fingerprint density at radius 2 is 2.00 bits per heavy atom. The Morgan fingerprint density at radius 3 is 2.71 bits per heavy atom. The molecule has 0 fully saturated rings. The van der Waals surface area contributed by atoms with Gasteiger partial charge in [-0.3, -0.25) is 4.79 Å². The molecule has 1 amide bonds. The molecule has 4 rings (SSSR count). The van der Waals surface area contributed by atoms with Gasteiger partial charge < -0.3 is 5.32 Å². The molecule has 0 aliphatic heterocycles. The van der Waals surface area contributed by atoms with Crippen molar-refractivity contribution in [1.29, 1.82) is 0 Å². The highest BCUT2D eigenvalue weighted by Gasteiger charge is 2.14. The Kier molecular flexibility index (Phi) is 3.19. The van der Waals surface area contributed by atoms with Crippen LogP contribution in [0.1, 0.15) is 16.3 Å². The van der Waals surface area contributed by atoms with Crippen LogP contribution in [0.4, 0.5) is 5.69 Å². The second-order valence-corrected chi connectivity index (χ2v) is 4.99. The molecule has 0 unspecified atom stereocenters. The zero-order valence-electron chi connectivity index (χ0n) is 12.5. The molecule has 10 nitrogen and oxygen atoms in total. The van der Waals surface area contributed by atoms with E-state index in [0.29, 0.717) is 11.5 Å². The molecule has 0 saturated carbocycles. The van der Waals surface area contributed by atoms with Crippen molar-refractivity contribution in [2.24, 2.45) is 0 Å². The number of aryl methyl sites for hydroxylation is 1. The maximum atomic E-state index is 12.3. The average Bonchev–Trinajstić information content (AvgIpc) is 3.26. The van der Waals surface area contributed by atoms with Crippen molar-refractivity contribution in [3.05, 3.63) is 54.4 Å². The van der Waals surface area contributed by atoms with E-state index >= 15 is 0 Å². The number of nitrogens with zero attached hydrogens (tertiary/aromatic N) is 8. The van der Waals surface area contributed by atoms with E-state index in [1.165, 1.54) is 15.5 Å². The lowest BCUT2D eigenvalue weighted by Gasteiger charge is -2.04. The van der Waals surface area contributed by atoms with Gasteiger partial charge in [0.05, 0.1) is 5.69 Å². The third-order valence-electron chi connectivity index (χ3n) is 3.37. The molecule has 24 heavy (non-hydrogen) atoms. The summed E-state index contributed by atoms with van der Waals surface area (Å²) in [5.41, 5.74) is 2.24. The zero-order valence-corrected chi connectivity index (χ0v) is 12.5. The van der Waals surface area contributed by atoms with Gasteiger partial charge in [-0.1, -0.05) is 0 Å². The molecule has 0 aliphatic rings. The minimum Gasteiger partial charge on any atom is -0.319 e. The van der Waals surface area contributed by atoms with E-state index in [1.54, 1.807) is 36.5 Å². The maximum Gasteiger partial charge on any atom is 0.295 e. The minimum absolute atomic E-state index is 0.0568. The van der Waals surface area contributed by atoms with Crippen LogP contribution in [0.2, 0.25) is 0 Å². The fourth-order valence-electron chi connectivity index (χ4n) is 2.17. The molecular weight excluding hydrogens is 310 g/mol. The zero-order chi connectivity index (χ0) is 16.5. The first-order valence-corrected chi connectivity index (χ1v) is 7.04. The number of benzene rings is 1. The first kappa shape index (κ1) is 13.9. The van der Waals surface area contributed by atoms with Crippen molar-refractivity contribution in [3.63, 3.8) is 0 Å². The molecule has 1 aromatic carbocycles. The molecule has 3 aromatic heterocycles. The molecule has 1 N–H and O–H groups in total. The third-order valence-corrected chi connectivity index (χ3v) is 3.37. The summed E-state index contributed by atoms with van der Waals surface area (Å²) >= 11 is 0. The summed E-state index contributed by atoms with van der Waals surface area (Å²) in [4.78, 5) is 20.5. The van der Waals surface area contributed by atoms with Crippen LogP contribution in [0.5, 0.6) is 0 Å². The van der Waals surface area contributed by atoms with Crippen molar-refractivity contribution < 1.29 is 4.79 Å². The van der Waals surface area contributed by atoms with Crippen molar-refractivity contribution >= 4 is 17.4 Å². The fourth-order valence-corrected chi connectivity index (χ4v) is 2.17. The Hall–Kier alpha value is -3.69. The topological polar surface area (TPSA) is 116 Å². The molecule has 0 atom stereocenters. The first-order valence-electron chi connectivity index (χ1n) is 7.04. The Morgan fingerprint density at radius 1 is 1.17 bits per heavy atom. The van der Waals surface area contributed by atoms with E-state index in [2.05, 4.69) is 35.9 Å². The summed E-state index contributed by atoms with van der Waals surface area (Å²) in [6.07, 6.45) is 3.11. The van der Waals surface area contributed by atoms with E-state index in [1.807, 2.05) is 6.92 Å². The van der Waals surface area contributed by atoms with Crippen molar-refractivity contribution in [2.75, 3.05) is 5.32 Å². The van der Waals surface area contributed by atoms with Gasteiger partial charge in [0.1, 0.15) is 6.33 Å². The quantitative estimate of drug-likeness (QED) is 0.589. The minimum atomic E-state index is -0.407. The van der Waals surface area contributed by atoms with Gasteiger partial charge >= 0.3 is 0 Å². The second-order valence-electron chi connectivity index (χ2n) is 4.99. The van der Waals surface area contributed by atoms with Gasteiger partial charge in [-0.05, 0) is 47.7 Å². The molecule has 10 heteroatoms. The lowest BCUT2D eigenvalue weighted by atomic mass is 10.3. The number of amides is 1. The van der Waals surface area contributed by atoms with Gasteiger partial charge in [-0.15, -0.1) is 10.2 Å². The van der Waals surface area contributed by atoms with Crippen molar-refractivity contribution in [1.82, 2.24) is 39.8 Å². The highest BCUT2D eigenvalue weighted by atomic mass is 16.2. The Bertz CT molecular complexity index is 1000. The smallest absolute Gasteiger partial charge is 0.295 e. The summed E-state index contributed by atoms with van der Waals surface area (Å²) < 4.78 is 3.04. The first-order chi connectivity index (χ1) is 11.7. The number of rotatable bonds is 3. The molecule has 3 heterocycles. The number of nitrogens with one attached hydrogen (secondary N) is 1. The molecule has 4 aromatic rings. The summed E-state index contributed by atoms with van der Waals surface area (Å²) in [7, 11) is 0. The number of fused-ring (bicyclic) bond motifs is 1. The number of hydrogen-bond acceptors (Lipinski definition) is 7. The number of hydrogen-bond donors (Lipinski definition) is 1. The van der Waals surface area contributed by atoms with E-state index in [0.717, 1.165) is 11.4 Å². The largest absolute Gasteiger partial charge is 0.319 e. The summed E-state index contributed by atoms with van der Waals surface area (Å²) in [5.74, 6) is 0.0330. The van der Waals surface area contributed by atoms with Crippen LogP contribution < -0.4 is 5.32 Å². The normalized spacial score (nSPS) is 10.9. The van der Waals surface area contributed by atoms with Gasteiger partial charge in [0.2, 0.25) is 5.82 Å². The second kappa shape index (κ2) is 5.50. The van der Waals surface area contributed by atoms with Gasteiger partial charge in [0.15, 0.2) is 0 Å². The predicted octanol–water partition coefficient (Wildman–Crippen LogP) is 0.661. The number of tetrazole rings is 1. The highest BCUT2D eigenvalue weighted by molar-refractivity contribution is 6.01. The van der Waals surface area contributed by atoms with E-state index in [9.17, 15) is 4.79 Å². The van der Waals surface area contributed by atoms with Crippen LogP contribution >= 0.6 is 0 Å². The summed E-state index contributed by atoms with van der Waals surface area (Å²) in [6, 6.07) is 8.85. The number of anilines is 1. The molecule has 0 radical (unpaired) electrons. The van der Waals surface area contributed by atoms with E-state index in [4.69, 9.17) is 0 Å². The Labute approximate surface area is 135 Å². The molecule has 118 valence electrons. The number of carbonyl (C=O) groups is 1. The highest BCUT2D eigenvalue weighted by Crippen LogP contribution is 2.13. The maximum absolute atomic E-state index is 12.3. The van der Waals surface area contributed by atoms with Crippen LogP contribution in [0.3, 0.4) is 0 Å². The molecule has 0 saturated heterocycles. The average molecular weight is 321 g/mol. The van der Waals surface area contributed by atoms with Crippen LogP contribution in [-0.4, -0.2) is 45.7 Å². The molecule has 0 aliphatic carbocycles. The summed E-state index contributed by atoms with van der Waals surface area (Å²) in [5, 5.41) is 17.9. The van der Waals surface area contributed by atoms with Crippen LogP contribution in [0.25, 0.3) is 11.5 Å². The molecule has 0 bridgehead atoms. The standard InChI is InChI=1S/C14H11N9O/c1-9-6-7-15-14-18-12(19-23(9)14)13(24)17-10-2-4-11(5-3-10)22-8-16-20-21-22/h2-8H,1H3,(H,17,24). The van der Waals surface area contributed by atoms with E-state index < -0.39 is 5.91 Å². The van der Waals surface area contributed by atoms with Gasteiger partial charge in [0, 0.05) is 17.6 Å². The van der Waals surface area contributed by atoms with Gasteiger partial charge in [0.25, 0.3) is 11.7 Å². The van der Waals surface area contributed by atoms with Gasteiger partial charge in [-0.25, -0.2) is 14.2 Å². The van der Waals surface area contributed by atoms with Crippen LogP contribution in [0, 0.1) is 6.92 Å². The van der Waals surface area contributed by atoms with Crippen molar-refractivity contribution in [2.45, 2.75) is 6.92 Å².